The number of piperidine rings is 1. The quantitative estimate of drug-likeness (QED) is 0.674. The molecule has 0 bridgehead atoms. The number of carbonyl (C=O) groups excluding carboxylic acids is 1. The van der Waals surface area contributed by atoms with Crippen molar-refractivity contribution in [1.82, 2.24) is 10.2 Å². The molecule has 0 aliphatic carbocycles. The number of amides is 1. The minimum atomic E-state index is -4.40. The first-order valence-electron chi connectivity index (χ1n) is 9.15. The first-order chi connectivity index (χ1) is 12.9. The monoisotopic (exact) mass is 466 g/mol. The summed E-state index contributed by atoms with van der Waals surface area (Å²) < 4.78 is 49.7. The Hall–Kier alpha value is -1.48. The highest BCUT2D eigenvalue weighted by atomic mass is 79.9. The maximum absolute atomic E-state index is 12.8. The van der Waals surface area contributed by atoms with Crippen molar-refractivity contribution >= 4 is 22.0 Å². The van der Waals surface area contributed by atoms with Gasteiger partial charge in [0.05, 0.1) is 10.0 Å². The minimum Gasteiger partial charge on any atom is -0.491 e. The van der Waals surface area contributed by atoms with Crippen LogP contribution in [0.3, 0.4) is 0 Å². The highest BCUT2D eigenvalue weighted by Gasteiger charge is 2.31. The molecular weight excluding hydrogens is 441 g/mol. The zero-order valence-corrected chi connectivity index (χ0v) is 17.8. The summed E-state index contributed by atoms with van der Waals surface area (Å²) in [4.78, 5) is 14.0. The van der Waals surface area contributed by atoms with E-state index < -0.39 is 23.4 Å². The molecule has 28 heavy (non-hydrogen) atoms. The molecule has 5 nitrogen and oxygen atoms in total. The Balaban J connectivity index is 1.74. The van der Waals surface area contributed by atoms with Crippen molar-refractivity contribution in [2.24, 2.45) is 0 Å². The maximum Gasteiger partial charge on any atom is 0.416 e. The first-order valence-corrected chi connectivity index (χ1v) is 9.95. The standard InChI is InChI=1S/C19H26BrF3N2O3/c1-18(2,3)28-17(26)24-14-6-8-25(9-7-14)10-11-27-16-12-13(19(21,22)23)4-5-15(16)20/h4-5,12,14H,6-11H2,1-3H3,(H,24,26). The molecular formula is C19H26BrF3N2O3. The number of nitrogens with zero attached hydrogens (tertiary/aromatic N) is 1. The van der Waals surface area contributed by atoms with Gasteiger partial charge in [-0.25, -0.2) is 4.79 Å². The lowest BCUT2D eigenvalue weighted by molar-refractivity contribution is -0.137. The molecule has 1 amide bonds. The Bertz CT molecular complexity index is 669. The Labute approximate surface area is 171 Å². The number of ether oxygens (including phenoxy) is 2. The van der Waals surface area contributed by atoms with Gasteiger partial charge in [0.15, 0.2) is 0 Å². The summed E-state index contributed by atoms with van der Waals surface area (Å²) in [5, 5.41) is 2.87. The number of benzene rings is 1. The van der Waals surface area contributed by atoms with Crippen molar-refractivity contribution in [1.29, 1.82) is 0 Å². The Kier molecular flexibility index (Phi) is 7.61. The van der Waals surface area contributed by atoms with Crippen molar-refractivity contribution in [3.63, 3.8) is 0 Å². The van der Waals surface area contributed by atoms with Crippen LogP contribution in [0, 0.1) is 0 Å². The lowest BCUT2D eigenvalue weighted by Gasteiger charge is -2.32. The van der Waals surface area contributed by atoms with Crippen LogP contribution in [0.1, 0.15) is 39.2 Å². The number of alkyl halides is 3. The fourth-order valence-electron chi connectivity index (χ4n) is 2.85. The van der Waals surface area contributed by atoms with Crippen molar-refractivity contribution in [3.05, 3.63) is 28.2 Å². The van der Waals surface area contributed by atoms with Crippen LogP contribution in [0.25, 0.3) is 0 Å². The number of rotatable bonds is 5. The van der Waals surface area contributed by atoms with Gasteiger partial charge in [0.25, 0.3) is 0 Å². The van der Waals surface area contributed by atoms with E-state index in [1.807, 2.05) is 20.8 Å². The lowest BCUT2D eigenvalue weighted by Crippen LogP contribution is -2.46. The molecule has 1 aliphatic rings. The van der Waals surface area contributed by atoms with Crippen LogP contribution in [0.2, 0.25) is 0 Å². The van der Waals surface area contributed by atoms with Gasteiger partial charge in [0.1, 0.15) is 18.0 Å². The van der Waals surface area contributed by atoms with Crippen molar-refractivity contribution < 1.29 is 27.4 Å². The maximum atomic E-state index is 12.8. The number of alkyl carbamates (subject to hydrolysis) is 1. The average molecular weight is 467 g/mol. The second-order valence-corrected chi connectivity index (χ2v) is 8.61. The molecule has 158 valence electrons. The van der Waals surface area contributed by atoms with E-state index >= 15 is 0 Å². The molecule has 0 radical (unpaired) electrons. The molecule has 0 spiro atoms. The number of likely N-dealkylation sites (tertiary alicyclic amines) is 1. The van der Waals surface area contributed by atoms with E-state index in [1.54, 1.807) is 0 Å². The average Bonchev–Trinajstić information content (AvgIpc) is 2.55. The smallest absolute Gasteiger partial charge is 0.416 e. The van der Waals surface area contributed by atoms with Gasteiger partial charge in [-0.2, -0.15) is 13.2 Å². The van der Waals surface area contributed by atoms with E-state index in [4.69, 9.17) is 9.47 Å². The third-order valence-electron chi connectivity index (χ3n) is 4.23. The van der Waals surface area contributed by atoms with Gasteiger partial charge in [0, 0.05) is 25.7 Å². The number of hydrogen-bond acceptors (Lipinski definition) is 4. The Morgan fingerprint density at radius 2 is 1.89 bits per heavy atom. The molecule has 0 unspecified atom stereocenters. The topological polar surface area (TPSA) is 50.8 Å². The van der Waals surface area contributed by atoms with E-state index in [1.165, 1.54) is 6.07 Å². The summed E-state index contributed by atoms with van der Waals surface area (Å²) in [5.74, 6) is 0.177. The van der Waals surface area contributed by atoms with Crippen LogP contribution < -0.4 is 10.1 Å². The zero-order chi connectivity index (χ0) is 20.9. The number of carbonyl (C=O) groups is 1. The second kappa shape index (κ2) is 9.35. The van der Waals surface area contributed by atoms with Crippen LogP contribution in [0.5, 0.6) is 5.75 Å². The summed E-state index contributed by atoms with van der Waals surface area (Å²) in [6.07, 6.45) is -3.25. The third-order valence-corrected chi connectivity index (χ3v) is 4.89. The predicted octanol–water partition coefficient (Wildman–Crippen LogP) is 4.84. The van der Waals surface area contributed by atoms with Crippen molar-refractivity contribution in [3.8, 4) is 5.75 Å². The van der Waals surface area contributed by atoms with Gasteiger partial charge in [-0.05, 0) is 67.7 Å². The molecule has 1 N–H and O–H groups in total. The van der Waals surface area contributed by atoms with Gasteiger partial charge < -0.3 is 14.8 Å². The van der Waals surface area contributed by atoms with E-state index in [-0.39, 0.29) is 18.4 Å². The predicted molar refractivity (Wildman–Crippen MR) is 103 cm³/mol. The van der Waals surface area contributed by atoms with E-state index in [0.29, 0.717) is 11.0 Å². The second-order valence-electron chi connectivity index (χ2n) is 7.75. The molecule has 1 aromatic carbocycles. The number of nitrogens with one attached hydrogen (secondary N) is 1. The largest absolute Gasteiger partial charge is 0.491 e. The molecule has 1 saturated heterocycles. The van der Waals surface area contributed by atoms with Gasteiger partial charge >= 0.3 is 12.3 Å². The fourth-order valence-corrected chi connectivity index (χ4v) is 3.21. The molecule has 1 aromatic rings. The van der Waals surface area contributed by atoms with Crippen LogP contribution in [-0.4, -0.2) is 48.9 Å². The summed E-state index contributed by atoms with van der Waals surface area (Å²) in [6.45, 7) is 7.88. The van der Waals surface area contributed by atoms with Gasteiger partial charge in [0.2, 0.25) is 0 Å². The molecule has 0 aromatic heterocycles. The van der Waals surface area contributed by atoms with E-state index in [2.05, 4.69) is 26.1 Å². The minimum absolute atomic E-state index is 0.0598. The number of hydrogen-bond donors (Lipinski definition) is 1. The SMILES string of the molecule is CC(C)(C)OC(=O)NC1CCN(CCOc2cc(C(F)(F)F)ccc2Br)CC1. The van der Waals surface area contributed by atoms with E-state index in [9.17, 15) is 18.0 Å². The summed E-state index contributed by atoms with van der Waals surface area (Å²) >= 11 is 3.22. The van der Waals surface area contributed by atoms with E-state index in [0.717, 1.165) is 38.1 Å². The Morgan fingerprint density at radius 1 is 1.25 bits per heavy atom. The van der Waals surface area contributed by atoms with Crippen molar-refractivity contribution in [2.45, 2.75) is 51.4 Å². The summed E-state index contributed by atoms with van der Waals surface area (Å²) in [5.41, 5.74) is -1.26. The van der Waals surface area contributed by atoms with Crippen LogP contribution >= 0.6 is 15.9 Å². The molecule has 0 saturated carbocycles. The van der Waals surface area contributed by atoms with Gasteiger partial charge in [-0.15, -0.1) is 0 Å². The van der Waals surface area contributed by atoms with Crippen LogP contribution in [0.15, 0.2) is 22.7 Å². The zero-order valence-electron chi connectivity index (χ0n) is 16.2. The van der Waals surface area contributed by atoms with Gasteiger partial charge in [-0.1, -0.05) is 0 Å². The molecule has 1 fully saturated rings. The van der Waals surface area contributed by atoms with Crippen LogP contribution in [0.4, 0.5) is 18.0 Å². The van der Waals surface area contributed by atoms with Gasteiger partial charge in [-0.3, -0.25) is 4.90 Å². The molecule has 1 heterocycles. The van der Waals surface area contributed by atoms with Crippen LogP contribution in [-0.2, 0) is 10.9 Å². The molecule has 0 atom stereocenters. The Morgan fingerprint density at radius 3 is 2.46 bits per heavy atom. The normalized spacial score (nSPS) is 16.7. The highest BCUT2D eigenvalue weighted by Crippen LogP contribution is 2.35. The highest BCUT2D eigenvalue weighted by molar-refractivity contribution is 9.10. The van der Waals surface area contributed by atoms with Crippen molar-refractivity contribution in [2.75, 3.05) is 26.2 Å². The molecule has 9 heteroatoms. The third kappa shape index (κ3) is 7.50. The first kappa shape index (κ1) is 22.8. The summed E-state index contributed by atoms with van der Waals surface area (Å²) in [6, 6.07) is 3.41. The number of halogens is 4. The molecule has 2 rings (SSSR count). The lowest BCUT2D eigenvalue weighted by atomic mass is 10.1. The molecule has 1 aliphatic heterocycles. The fraction of sp³-hybridized carbons (Fsp3) is 0.632. The summed E-state index contributed by atoms with van der Waals surface area (Å²) in [7, 11) is 0.